The maximum atomic E-state index is 4.37. The van der Waals surface area contributed by atoms with Gasteiger partial charge in [-0.3, -0.25) is 4.98 Å². The Kier molecular flexibility index (Phi) is 3.88. The number of imidazole rings is 1. The molecular formula is C13H18N4. The first-order valence-corrected chi connectivity index (χ1v) is 5.90. The molecule has 0 saturated carbocycles. The van der Waals surface area contributed by atoms with Crippen LogP contribution < -0.4 is 5.32 Å². The quantitative estimate of drug-likeness (QED) is 0.850. The third-order valence-corrected chi connectivity index (χ3v) is 2.80. The van der Waals surface area contributed by atoms with Crippen LogP contribution in [0.4, 0.5) is 0 Å². The minimum Gasteiger partial charge on any atom is -0.336 e. The average molecular weight is 230 g/mol. The summed E-state index contributed by atoms with van der Waals surface area (Å²) in [4.78, 5) is 8.54. The van der Waals surface area contributed by atoms with Gasteiger partial charge in [-0.25, -0.2) is 4.98 Å². The number of nitrogens with zero attached hydrogens (tertiary/aromatic N) is 3. The van der Waals surface area contributed by atoms with Crippen LogP contribution in [0.3, 0.4) is 0 Å². The molecule has 0 saturated heterocycles. The van der Waals surface area contributed by atoms with Crippen LogP contribution in [-0.4, -0.2) is 21.1 Å². The first-order chi connectivity index (χ1) is 8.31. The summed E-state index contributed by atoms with van der Waals surface area (Å²) >= 11 is 0. The molecule has 1 unspecified atom stereocenters. The Hall–Kier alpha value is -1.68. The second kappa shape index (κ2) is 5.59. The van der Waals surface area contributed by atoms with Crippen molar-refractivity contribution in [2.24, 2.45) is 7.05 Å². The standard InChI is InChI=1S/C13H18N4/c1-3-15-12(13-9-14-10-17(13)2)8-11-6-4-5-7-16-11/h4-7,9-10,12,15H,3,8H2,1-2H3. The molecule has 1 N–H and O–H groups in total. The highest BCUT2D eigenvalue weighted by molar-refractivity contribution is 5.12. The van der Waals surface area contributed by atoms with Gasteiger partial charge in [0, 0.05) is 31.6 Å². The number of aryl methyl sites for hydroxylation is 1. The molecule has 0 aromatic carbocycles. The number of likely N-dealkylation sites (N-methyl/N-ethyl adjacent to an activating group) is 1. The zero-order valence-corrected chi connectivity index (χ0v) is 10.3. The monoisotopic (exact) mass is 230 g/mol. The molecule has 2 aromatic rings. The normalized spacial score (nSPS) is 12.6. The second-order valence-electron chi connectivity index (χ2n) is 4.06. The van der Waals surface area contributed by atoms with Gasteiger partial charge in [0.25, 0.3) is 0 Å². The number of rotatable bonds is 5. The van der Waals surface area contributed by atoms with Crippen molar-refractivity contribution >= 4 is 0 Å². The Balaban J connectivity index is 2.16. The minimum absolute atomic E-state index is 0.266. The van der Waals surface area contributed by atoms with Crippen molar-refractivity contribution in [2.75, 3.05) is 6.54 Å². The van der Waals surface area contributed by atoms with Crippen LogP contribution in [0, 0.1) is 0 Å². The molecule has 0 amide bonds. The average Bonchev–Trinajstić information content (AvgIpc) is 2.76. The second-order valence-corrected chi connectivity index (χ2v) is 4.06. The lowest BCUT2D eigenvalue weighted by Crippen LogP contribution is -2.25. The van der Waals surface area contributed by atoms with Crippen molar-refractivity contribution in [2.45, 2.75) is 19.4 Å². The summed E-state index contributed by atoms with van der Waals surface area (Å²) in [6, 6.07) is 6.29. The Morgan fingerprint density at radius 1 is 1.41 bits per heavy atom. The van der Waals surface area contributed by atoms with Crippen molar-refractivity contribution in [3.63, 3.8) is 0 Å². The van der Waals surface area contributed by atoms with Crippen LogP contribution in [0.5, 0.6) is 0 Å². The summed E-state index contributed by atoms with van der Waals surface area (Å²) < 4.78 is 2.05. The molecule has 2 heterocycles. The molecule has 0 aliphatic carbocycles. The number of aromatic nitrogens is 3. The highest BCUT2D eigenvalue weighted by Gasteiger charge is 2.14. The van der Waals surface area contributed by atoms with Crippen LogP contribution >= 0.6 is 0 Å². The number of pyridine rings is 1. The van der Waals surface area contributed by atoms with Crippen molar-refractivity contribution < 1.29 is 0 Å². The molecule has 1 atom stereocenters. The highest BCUT2D eigenvalue weighted by atomic mass is 15.1. The van der Waals surface area contributed by atoms with Crippen LogP contribution in [0.1, 0.15) is 24.4 Å². The topological polar surface area (TPSA) is 42.7 Å². The van der Waals surface area contributed by atoms with Crippen molar-refractivity contribution in [3.05, 3.63) is 48.3 Å². The third kappa shape index (κ3) is 2.91. The molecule has 4 nitrogen and oxygen atoms in total. The lowest BCUT2D eigenvalue weighted by atomic mass is 10.1. The van der Waals surface area contributed by atoms with Gasteiger partial charge in [0.05, 0.1) is 18.1 Å². The minimum atomic E-state index is 0.266. The predicted octanol–water partition coefficient (Wildman–Crippen LogP) is 1.71. The smallest absolute Gasteiger partial charge is 0.0946 e. The summed E-state index contributed by atoms with van der Waals surface area (Å²) in [6.45, 7) is 3.05. The molecule has 0 spiro atoms. The Morgan fingerprint density at radius 2 is 2.29 bits per heavy atom. The molecule has 0 radical (unpaired) electrons. The summed E-state index contributed by atoms with van der Waals surface area (Å²) in [5.74, 6) is 0. The molecule has 0 aliphatic heterocycles. The van der Waals surface area contributed by atoms with E-state index in [1.807, 2.05) is 37.9 Å². The predicted molar refractivity (Wildman–Crippen MR) is 67.6 cm³/mol. The third-order valence-electron chi connectivity index (χ3n) is 2.80. The van der Waals surface area contributed by atoms with Crippen LogP contribution in [-0.2, 0) is 13.5 Å². The van der Waals surface area contributed by atoms with Crippen molar-refractivity contribution in [3.8, 4) is 0 Å². The zero-order chi connectivity index (χ0) is 12.1. The molecule has 2 aromatic heterocycles. The first-order valence-electron chi connectivity index (χ1n) is 5.90. The van der Waals surface area contributed by atoms with E-state index < -0.39 is 0 Å². The summed E-state index contributed by atoms with van der Waals surface area (Å²) in [7, 11) is 2.02. The van der Waals surface area contributed by atoms with Gasteiger partial charge in [-0.05, 0) is 18.7 Å². The van der Waals surface area contributed by atoms with Gasteiger partial charge in [0.15, 0.2) is 0 Å². The molecule has 4 heteroatoms. The lowest BCUT2D eigenvalue weighted by Gasteiger charge is -2.17. The van der Waals surface area contributed by atoms with Gasteiger partial charge in [-0.15, -0.1) is 0 Å². The van der Waals surface area contributed by atoms with Gasteiger partial charge in [-0.2, -0.15) is 0 Å². The summed E-state index contributed by atoms with van der Waals surface area (Å²) in [6.07, 6.45) is 6.46. The number of hydrogen-bond donors (Lipinski definition) is 1. The lowest BCUT2D eigenvalue weighted by molar-refractivity contribution is 0.516. The molecule has 0 bridgehead atoms. The van der Waals surface area contributed by atoms with E-state index >= 15 is 0 Å². The zero-order valence-electron chi connectivity index (χ0n) is 10.3. The van der Waals surface area contributed by atoms with E-state index in [4.69, 9.17) is 0 Å². The maximum absolute atomic E-state index is 4.37. The van der Waals surface area contributed by atoms with E-state index in [9.17, 15) is 0 Å². The fraction of sp³-hybridized carbons (Fsp3) is 0.385. The molecule has 0 fully saturated rings. The van der Waals surface area contributed by atoms with E-state index in [0.29, 0.717) is 0 Å². The van der Waals surface area contributed by atoms with Crippen LogP contribution in [0.2, 0.25) is 0 Å². The first kappa shape index (κ1) is 11.8. The van der Waals surface area contributed by atoms with Gasteiger partial charge < -0.3 is 9.88 Å². The summed E-state index contributed by atoms with van der Waals surface area (Å²) in [5, 5.41) is 3.47. The van der Waals surface area contributed by atoms with E-state index in [1.54, 1.807) is 0 Å². The fourth-order valence-corrected chi connectivity index (χ4v) is 1.96. The fourth-order valence-electron chi connectivity index (χ4n) is 1.96. The van der Waals surface area contributed by atoms with Gasteiger partial charge in [0.1, 0.15) is 0 Å². The Morgan fingerprint density at radius 3 is 2.88 bits per heavy atom. The largest absolute Gasteiger partial charge is 0.336 e. The SMILES string of the molecule is CCNC(Cc1ccccn1)c1cncn1C. The van der Waals surface area contributed by atoms with Crippen LogP contribution in [0.15, 0.2) is 36.9 Å². The van der Waals surface area contributed by atoms with E-state index in [-0.39, 0.29) is 6.04 Å². The highest BCUT2D eigenvalue weighted by Crippen LogP contribution is 2.16. The van der Waals surface area contributed by atoms with Crippen LogP contribution in [0.25, 0.3) is 0 Å². The van der Waals surface area contributed by atoms with Crippen molar-refractivity contribution in [1.82, 2.24) is 19.9 Å². The van der Waals surface area contributed by atoms with Gasteiger partial charge >= 0.3 is 0 Å². The maximum Gasteiger partial charge on any atom is 0.0946 e. The Labute approximate surface area is 102 Å². The molecule has 90 valence electrons. The molecule has 2 rings (SSSR count). The van der Waals surface area contributed by atoms with E-state index in [0.717, 1.165) is 18.7 Å². The summed E-state index contributed by atoms with van der Waals surface area (Å²) in [5.41, 5.74) is 2.29. The molecule has 0 aliphatic rings. The molecular weight excluding hydrogens is 212 g/mol. The van der Waals surface area contributed by atoms with Gasteiger partial charge in [0.2, 0.25) is 0 Å². The van der Waals surface area contributed by atoms with Crippen molar-refractivity contribution in [1.29, 1.82) is 0 Å². The van der Waals surface area contributed by atoms with Gasteiger partial charge in [-0.1, -0.05) is 13.0 Å². The van der Waals surface area contributed by atoms with E-state index in [1.165, 1.54) is 5.69 Å². The van der Waals surface area contributed by atoms with E-state index in [2.05, 4.69) is 32.8 Å². The Bertz CT molecular complexity index is 449. The molecule has 17 heavy (non-hydrogen) atoms. The number of nitrogens with one attached hydrogen (secondary N) is 1. The number of hydrogen-bond acceptors (Lipinski definition) is 3.